The molecule has 0 bridgehead atoms. The molecule has 2 rings (SSSR count). The second-order valence-electron chi connectivity index (χ2n) is 4.40. The Morgan fingerprint density at radius 2 is 2.00 bits per heavy atom. The van der Waals surface area contributed by atoms with Gasteiger partial charge in [0.25, 0.3) is 0 Å². The van der Waals surface area contributed by atoms with Crippen LogP contribution in [0.25, 0.3) is 10.8 Å². The fourth-order valence-electron chi connectivity index (χ4n) is 2.01. The highest BCUT2D eigenvalue weighted by molar-refractivity contribution is 8.00. The first-order valence-corrected chi connectivity index (χ1v) is 7.38. The molecule has 0 aliphatic heterocycles. The van der Waals surface area contributed by atoms with Crippen molar-refractivity contribution < 1.29 is 19.4 Å². The van der Waals surface area contributed by atoms with Crippen LogP contribution >= 0.6 is 11.8 Å². The molecule has 0 radical (unpaired) electrons. The van der Waals surface area contributed by atoms with Crippen LogP contribution in [0.15, 0.2) is 29.4 Å². The maximum absolute atomic E-state index is 11.2. The number of aromatic nitrogens is 1. The van der Waals surface area contributed by atoms with E-state index in [-0.39, 0.29) is 0 Å². The Hall–Kier alpha value is -1.95. The molecule has 1 atom stereocenters. The summed E-state index contributed by atoms with van der Waals surface area (Å²) in [4.78, 5) is 15.5. The third-order valence-electron chi connectivity index (χ3n) is 3.13. The summed E-state index contributed by atoms with van der Waals surface area (Å²) in [5.41, 5.74) is 0. The van der Waals surface area contributed by atoms with Gasteiger partial charge in [-0.05, 0) is 30.0 Å². The normalized spacial score (nSPS) is 12.1. The Balaban J connectivity index is 2.51. The number of fused-ring (bicyclic) bond motifs is 1. The molecule has 5 nitrogen and oxygen atoms in total. The molecule has 1 aromatic carbocycles. The average Bonchev–Trinajstić information content (AvgIpc) is 2.50. The lowest BCUT2D eigenvalue weighted by atomic mass is 10.1. The maximum Gasteiger partial charge on any atom is 0.317 e. The number of ether oxygens (including phenoxy) is 2. The van der Waals surface area contributed by atoms with Gasteiger partial charge in [-0.25, -0.2) is 4.98 Å². The van der Waals surface area contributed by atoms with E-state index in [2.05, 4.69) is 4.98 Å². The number of hydrogen-bond donors (Lipinski definition) is 1. The maximum atomic E-state index is 11.2. The van der Waals surface area contributed by atoms with Crippen LogP contribution < -0.4 is 9.47 Å². The van der Waals surface area contributed by atoms with Crippen LogP contribution in [0, 0.1) is 0 Å². The van der Waals surface area contributed by atoms with Crippen molar-refractivity contribution in [1.82, 2.24) is 4.98 Å². The van der Waals surface area contributed by atoms with E-state index in [1.807, 2.05) is 25.1 Å². The number of nitrogens with zero attached hydrogens (tertiary/aromatic N) is 1. The third-order valence-corrected chi connectivity index (χ3v) is 4.50. The molecule has 1 unspecified atom stereocenters. The van der Waals surface area contributed by atoms with Gasteiger partial charge in [-0.2, -0.15) is 0 Å². The number of hydrogen-bond acceptors (Lipinski definition) is 5. The Morgan fingerprint density at radius 3 is 2.57 bits per heavy atom. The van der Waals surface area contributed by atoms with E-state index in [0.717, 1.165) is 10.8 Å². The number of benzene rings is 1. The molecule has 0 amide bonds. The summed E-state index contributed by atoms with van der Waals surface area (Å²) in [7, 11) is 3.15. The molecule has 6 heteroatoms. The third kappa shape index (κ3) is 3.21. The monoisotopic (exact) mass is 307 g/mol. The average molecular weight is 307 g/mol. The molecule has 0 aliphatic rings. The van der Waals surface area contributed by atoms with E-state index in [1.165, 1.54) is 11.8 Å². The molecule has 0 saturated carbocycles. The van der Waals surface area contributed by atoms with Gasteiger partial charge in [0, 0.05) is 11.6 Å². The molecule has 1 heterocycles. The largest absolute Gasteiger partial charge is 0.493 e. The first-order chi connectivity index (χ1) is 10.1. The molecule has 0 saturated heterocycles. The topological polar surface area (TPSA) is 68.7 Å². The molecule has 2 aromatic rings. The fraction of sp³-hybridized carbons (Fsp3) is 0.333. The molecule has 1 N–H and O–H groups in total. The highest BCUT2D eigenvalue weighted by atomic mass is 32.2. The van der Waals surface area contributed by atoms with E-state index in [4.69, 9.17) is 9.47 Å². The zero-order valence-corrected chi connectivity index (χ0v) is 12.9. The van der Waals surface area contributed by atoms with Crippen molar-refractivity contribution in [3.63, 3.8) is 0 Å². The highest BCUT2D eigenvalue weighted by Crippen LogP contribution is 2.37. The number of thioether (sulfide) groups is 1. The van der Waals surface area contributed by atoms with Gasteiger partial charge >= 0.3 is 5.97 Å². The van der Waals surface area contributed by atoms with Crippen molar-refractivity contribution in [1.29, 1.82) is 0 Å². The lowest BCUT2D eigenvalue weighted by Crippen LogP contribution is -2.15. The SMILES string of the molecule is CCC(Sc1nccc2cc(OC)c(OC)cc12)C(=O)O. The summed E-state index contributed by atoms with van der Waals surface area (Å²) >= 11 is 1.25. The molecule has 1 aromatic heterocycles. The highest BCUT2D eigenvalue weighted by Gasteiger charge is 2.19. The molecule has 0 aliphatic carbocycles. The number of carboxylic acids is 1. The number of rotatable bonds is 6. The number of carbonyl (C=O) groups is 1. The zero-order valence-electron chi connectivity index (χ0n) is 12.1. The van der Waals surface area contributed by atoms with Gasteiger partial charge < -0.3 is 14.6 Å². The molecule has 112 valence electrons. The summed E-state index contributed by atoms with van der Waals surface area (Å²) < 4.78 is 10.6. The summed E-state index contributed by atoms with van der Waals surface area (Å²) in [6.45, 7) is 1.85. The minimum Gasteiger partial charge on any atom is -0.493 e. The van der Waals surface area contributed by atoms with Gasteiger partial charge in [-0.15, -0.1) is 0 Å². The minimum atomic E-state index is -0.832. The van der Waals surface area contributed by atoms with Crippen molar-refractivity contribution in [2.75, 3.05) is 14.2 Å². The van der Waals surface area contributed by atoms with Crippen molar-refractivity contribution >= 4 is 28.5 Å². The summed E-state index contributed by atoms with van der Waals surface area (Å²) in [5.74, 6) is 0.405. The predicted molar refractivity (Wildman–Crippen MR) is 82.4 cm³/mol. The lowest BCUT2D eigenvalue weighted by molar-refractivity contribution is -0.136. The van der Waals surface area contributed by atoms with Crippen LogP contribution in [0.2, 0.25) is 0 Å². The number of pyridine rings is 1. The van der Waals surface area contributed by atoms with Crippen molar-refractivity contribution in [2.24, 2.45) is 0 Å². The van der Waals surface area contributed by atoms with Gasteiger partial charge in [0.05, 0.1) is 14.2 Å². The van der Waals surface area contributed by atoms with Crippen molar-refractivity contribution in [3.8, 4) is 11.5 Å². The first-order valence-electron chi connectivity index (χ1n) is 6.50. The molecular weight excluding hydrogens is 290 g/mol. The number of aliphatic carboxylic acids is 1. The molecule has 21 heavy (non-hydrogen) atoms. The Labute approximate surface area is 127 Å². The van der Waals surface area contributed by atoms with Crippen LogP contribution in [0.4, 0.5) is 0 Å². The fourth-order valence-corrected chi connectivity index (χ4v) is 2.97. The second-order valence-corrected chi connectivity index (χ2v) is 5.59. The van der Waals surface area contributed by atoms with E-state index in [9.17, 15) is 9.90 Å². The summed E-state index contributed by atoms with van der Waals surface area (Å²) in [5, 5.41) is 11.2. The number of methoxy groups -OCH3 is 2. The minimum absolute atomic E-state index is 0.517. The van der Waals surface area contributed by atoms with Crippen LogP contribution in [0.3, 0.4) is 0 Å². The van der Waals surface area contributed by atoms with Gasteiger partial charge in [-0.1, -0.05) is 18.7 Å². The van der Waals surface area contributed by atoms with E-state index in [0.29, 0.717) is 22.9 Å². The van der Waals surface area contributed by atoms with Crippen molar-refractivity contribution in [2.45, 2.75) is 23.6 Å². The molecule has 0 fully saturated rings. The standard InChI is InChI=1S/C15H17NO4S/c1-4-13(15(17)18)21-14-10-8-12(20-3)11(19-2)7-9(10)5-6-16-14/h5-8,13H,4H2,1-3H3,(H,17,18). The summed E-state index contributed by atoms with van der Waals surface area (Å²) in [6, 6.07) is 5.56. The van der Waals surface area contributed by atoms with Crippen LogP contribution in [-0.2, 0) is 4.79 Å². The Morgan fingerprint density at radius 1 is 1.33 bits per heavy atom. The summed E-state index contributed by atoms with van der Waals surface area (Å²) in [6.07, 6.45) is 2.20. The van der Waals surface area contributed by atoms with E-state index < -0.39 is 11.2 Å². The Kier molecular flexibility index (Phi) is 4.90. The Bertz CT molecular complexity index is 659. The first kappa shape index (κ1) is 15.4. The predicted octanol–water partition coefficient (Wildman–Crippen LogP) is 3.21. The lowest BCUT2D eigenvalue weighted by Gasteiger charge is -2.13. The zero-order chi connectivity index (χ0) is 15.4. The van der Waals surface area contributed by atoms with Gasteiger partial charge in [0.1, 0.15) is 10.3 Å². The van der Waals surface area contributed by atoms with E-state index >= 15 is 0 Å². The van der Waals surface area contributed by atoms with Crippen LogP contribution in [-0.4, -0.2) is 35.5 Å². The van der Waals surface area contributed by atoms with Crippen molar-refractivity contribution in [3.05, 3.63) is 24.4 Å². The molecule has 0 spiro atoms. The van der Waals surface area contributed by atoms with Crippen LogP contribution in [0.1, 0.15) is 13.3 Å². The van der Waals surface area contributed by atoms with Gasteiger partial charge in [0.15, 0.2) is 11.5 Å². The van der Waals surface area contributed by atoms with Gasteiger partial charge in [-0.3, -0.25) is 4.79 Å². The van der Waals surface area contributed by atoms with Crippen LogP contribution in [0.5, 0.6) is 11.5 Å². The molecular formula is C15H17NO4S. The number of carboxylic acid groups (broad SMARTS) is 1. The van der Waals surface area contributed by atoms with Gasteiger partial charge in [0.2, 0.25) is 0 Å². The quantitative estimate of drug-likeness (QED) is 0.827. The second kappa shape index (κ2) is 6.67. The van der Waals surface area contributed by atoms with E-state index in [1.54, 1.807) is 20.4 Å². The smallest absolute Gasteiger partial charge is 0.317 e.